The van der Waals surface area contributed by atoms with E-state index in [1.807, 2.05) is 16.9 Å². The number of rotatable bonds is 4. The van der Waals surface area contributed by atoms with E-state index < -0.39 is 0 Å². The first kappa shape index (κ1) is 14.3. The van der Waals surface area contributed by atoms with Gasteiger partial charge in [-0.15, -0.1) is 0 Å². The van der Waals surface area contributed by atoms with E-state index in [0.29, 0.717) is 6.42 Å². The van der Waals surface area contributed by atoms with Crippen molar-refractivity contribution in [3.05, 3.63) is 40.3 Å². The lowest BCUT2D eigenvalue weighted by atomic mass is 10.1. The fourth-order valence-corrected chi connectivity index (χ4v) is 3.42. The maximum Gasteiger partial charge on any atom is 0.224 e. The number of nitrogens with zero attached hydrogens (tertiary/aromatic N) is 4. The molecule has 0 N–H and O–H groups in total. The molecule has 0 aliphatic carbocycles. The van der Waals surface area contributed by atoms with Crippen LogP contribution < -0.4 is 0 Å². The smallest absolute Gasteiger partial charge is 0.224 e. The molecule has 3 rings (SSSR count). The molecule has 2 aromatic heterocycles. The predicted octanol–water partition coefficient (Wildman–Crippen LogP) is 1.98. The molecule has 1 atom stereocenters. The van der Waals surface area contributed by atoms with Crippen LogP contribution in [0, 0.1) is 0 Å². The van der Waals surface area contributed by atoms with E-state index in [9.17, 15) is 4.79 Å². The third-order valence-corrected chi connectivity index (χ3v) is 4.58. The van der Waals surface area contributed by atoms with Gasteiger partial charge in [0.2, 0.25) is 5.91 Å². The predicted molar refractivity (Wildman–Crippen MR) is 83.0 cm³/mol. The Morgan fingerprint density at radius 3 is 3.05 bits per heavy atom. The summed E-state index contributed by atoms with van der Waals surface area (Å²) in [6, 6.07) is 4.33. The number of fused-ring (bicyclic) bond motifs is 1. The van der Waals surface area contributed by atoms with E-state index in [4.69, 9.17) is 0 Å². The van der Waals surface area contributed by atoms with Crippen LogP contribution in [0.1, 0.15) is 23.7 Å². The Morgan fingerprint density at radius 1 is 1.48 bits per heavy atom. The first-order valence-corrected chi connectivity index (χ1v) is 8.03. The van der Waals surface area contributed by atoms with Crippen molar-refractivity contribution in [1.82, 2.24) is 19.6 Å². The molecule has 0 saturated heterocycles. The molecule has 0 aromatic carbocycles. The van der Waals surface area contributed by atoms with Gasteiger partial charge in [0.25, 0.3) is 0 Å². The minimum Gasteiger partial charge on any atom is -0.349 e. The van der Waals surface area contributed by atoms with Gasteiger partial charge in [-0.25, -0.2) is 0 Å². The van der Waals surface area contributed by atoms with Gasteiger partial charge in [0.15, 0.2) is 0 Å². The largest absolute Gasteiger partial charge is 0.349 e. The number of carbonyl (C=O) groups excluding carboxylic acids is 1. The van der Waals surface area contributed by atoms with Gasteiger partial charge in [-0.3, -0.25) is 14.4 Å². The zero-order chi connectivity index (χ0) is 14.8. The summed E-state index contributed by atoms with van der Waals surface area (Å²) in [6.07, 6.45) is 2.33. The Labute approximate surface area is 128 Å². The molecular formula is C15H20N4OS. The van der Waals surface area contributed by atoms with Gasteiger partial charge in [0.05, 0.1) is 18.2 Å². The van der Waals surface area contributed by atoms with Crippen molar-refractivity contribution in [2.45, 2.75) is 25.6 Å². The normalized spacial score (nSPS) is 18.5. The van der Waals surface area contributed by atoms with Gasteiger partial charge in [-0.1, -0.05) is 0 Å². The van der Waals surface area contributed by atoms with Crippen molar-refractivity contribution in [3.8, 4) is 0 Å². The van der Waals surface area contributed by atoms with Crippen molar-refractivity contribution >= 4 is 17.2 Å². The molecule has 21 heavy (non-hydrogen) atoms. The number of hydrogen-bond acceptors (Lipinski definition) is 4. The highest BCUT2D eigenvalue weighted by Gasteiger charge is 2.27. The lowest BCUT2D eigenvalue weighted by Crippen LogP contribution is -2.39. The minimum atomic E-state index is 0.122. The molecule has 1 aliphatic rings. The average molecular weight is 304 g/mol. The first-order valence-electron chi connectivity index (χ1n) is 7.09. The van der Waals surface area contributed by atoms with Crippen LogP contribution in [0.2, 0.25) is 0 Å². The van der Waals surface area contributed by atoms with E-state index in [2.05, 4.69) is 26.8 Å². The van der Waals surface area contributed by atoms with Gasteiger partial charge < -0.3 is 4.90 Å². The summed E-state index contributed by atoms with van der Waals surface area (Å²) in [7, 11) is 3.61. The molecule has 112 valence electrons. The third-order valence-electron chi connectivity index (χ3n) is 3.85. The van der Waals surface area contributed by atoms with E-state index >= 15 is 0 Å². The molecule has 0 radical (unpaired) electrons. The van der Waals surface area contributed by atoms with Crippen LogP contribution in [0.25, 0.3) is 0 Å². The highest BCUT2D eigenvalue weighted by atomic mass is 32.1. The van der Waals surface area contributed by atoms with Crippen LogP contribution in [0.15, 0.2) is 29.1 Å². The molecule has 6 heteroatoms. The monoisotopic (exact) mass is 304 g/mol. The molecular weight excluding hydrogens is 284 g/mol. The highest BCUT2D eigenvalue weighted by Crippen LogP contribution is 2.25. The third kappa shape index (κ3) is 3.16. The number of thiophene rings is 1. The molecule has 3 heterocycles. The molecule has 0 spiro atoms. The van der Waals surface area contributed by atoms with Crippen LogP contribution >= 0.6 is 11.3 Å². The van der Waals surface area contributed by atoms with E-state index in [-0.39, 0.29) is 11.9 Å². The summed E-state index contributed by atoms with van der Waals surface area (Å²) in [5.41, 5.74) is 2.53. The topological polar surface area (TPSA) is 41.4 Å². The zero-order valence-corrected chi connectivity index (χ0v) is 13.2. The van der Waals surface area contributed by atoms with E-state index in [1.165, 1.54) is 11.3 Å². The summed E-state index contributed by atoms with van der Waals surface area (Å²) in [5.74, 6) is 0.152. The molecule has 0 unspecified atom stereocenters. The lowest BCUT2D eigenvalue weighted by Gasteiger charge is -2.34. The molecule has 0 bridgehead atoms. The summed E-state index contributed by atoms with van der Waals surface area (Å²) in [5, 5.41) is 8.70. The van der Waals surface area contributed by atoms with Crippen molar-refractivity contribution < 1.29 is 4.79 Å². The Hall–Kier alpha value is -1.66. The van der Waals surface area contributed by atoms with Gasteiger partial charge >= 0.3 is 0 Å². The Morgan fingerprint density at radius 2 is 2.33 bits per heavy atom. The highest BCUT2D eigenvalue weighted by molar-refractivity contribution is 7.07. The maximum absolute atomic E-state index is 12.0. The van der Waals surface area contributed by atoms with Gasteiger partial charge in [-0.2, -0.15) is 16.4 Å². The number of amides is 1. The molecule has 1 aliphatic heterocycles. The number of aromatic nitrogens is 2. The number of carbonyl (C=O) groups is 1. The molecule has 5 nitrogen and oxygen atoms in total. The quantitative estimate of drug-likeness (QED) is 0.867. The second kappa shape index (κ2) is 5.99. The second-order valence-electron chi connectivity index (χ2n) is 5.71. The SMILES string of the molecule is CN(C)C(=O)C[C@@H]1CN(Cc2ccsc2)Cc2ccnn21. The van der Waals surface area contributed by atoms with E-state index in [1.54, 1.807) is 30.3 Å². The zero-order valence-electron chi connectivity index (χ0n) is 12.4. The Balaban J connectivity index is 1.75. The fraction of sp³-hybridized carbons (Fsp3) is 0.467. The Bertz CT molecular complexity index is 605. The van der Waals surface area contributed by atoms with Gasteiger partial charge in [-0.05, 0) is 28.5 Å². The molecule has 0 saturated carbocycles. The molecule has 2 aromatic rings. The van der Waals surface area contributed by atoms with Crippen molar-refractivity contribution in [2.75, 3.05) is 20.6 Å². The first-order chi connectivity index (χ1) is 10.1. The van der Waals surface area contributed by atoms with Gasteiger partial charge in [0.1, 0.15) is 0 Å². The molecule has 0 fully saturated rings. The van der Waals surface area contributed by atoms with Crippen molar-refractivity contribution in [3.63, 3.8) is 0 Å². The van der Waals surface area contributed by atoms with Crippen LogP contribution in [-0.4, -0.2) is 46.1 Å². The maximum atomic E-state index is 12.0. The summed E-state index contributed by atoms with van der Waals surface area (Å²) < 4.78 is 2.02. The standard InChI is InChI=1S/C15H20N4OS/c1-17(2)15(20)7-14-10-18(8-12-4-6-21-11-12)9-13-3-5-16-19(13)14/h3-6,11,14H,7-10H2,1-2H3/t14-/m1/s1. The average Bonchev–Trinajstić information content (AvgIpc) is 3.09. The van der Waals surface area contributed by atoms with Gasteiger partial charge in [0, 0.05) is 39.9 Å². The van der Waals surface area contributed by atoms with Crippen LogP contribution in [0.4, 0.5) is 0 Å². The van der Waals surface area contributed by atoms with Crippen molar-refractivity contribution in [2.24, 2.45) is 0 Å². The van der Waals surface area contributed by atoms with Crippen molar-refractivity contribution in [1.29, 1.82) is 0 Å². The summed E-state index contributed by atoms with van der Waals surface area (Å²) >= 11 is 1.73. The van der Waals surface area contributed by atoms with Crippen LogP contribution in [0.3, 0.4) is 0 Å². The number of hydrogen-bond donors (Lipinski definition) is 0. The van der Waals surface area contributed by atoms with Crippen LogP contribution in [-0.2, 0) is 17.9 Å². The fourth-order valence-electron chi connectivity index (χ4n) is 2.76. The van der Waals surface area contributed by atoms with Crippen LogP contribution in [0.5, 0.6) is 0 Å². The summed E-state index contributed by atoms with van der Waals surface area (Å²) in [4.78, 5) is 16.1. The Kier molecular flexibility index (Phi) is 4.07. The van der Waals surface area contributed by atoms with E-state index in [0.717, 1.165) is 19.6 Å². The lowest BCUT2D eigenvalue weighted by molar-refractivity contribution is -0.129. The minimum absolute atomic E-state index is 0.122. The second-order valence-corrected chi connectivity index (χ2v) is 6.49. The summed E-state index contributed by atoms with van der Waals surface area (Å²) in [6.45, 7) is 2.69. The molecule has 1 amide bonds.